The van der Waals surface area contributed by atoms with Crippen molar-refractivity contribution in [3.05, 3.63) is 79.5 Å². The van der Waals surface area contributed by atoms with Gasteiger partial charge in [-0.2, -0.15) is 0 Å². The van der Waals surface area contributed by atoms with Gasteiger partial charge in [-0.05, 0) is 30.5 Å². The Morgan fingerprint density at radius 1 is 1.03 bits per heavy atom. The Kier molecular flexibility index (Phi) is 5.43. The number of hydrogen-bond acceptors (Lipinski definition) is 7. The summed E-state index contributed by atoms with van der Waals surface area (Å²) in [4.78, 5) is 49.3. The van der Waals surface area contributed by atoms with Crippen molar-refractivity contribution in [2.45, 2.75) is 31.6 Å². The van der Waals surface area contributed by atoms with Crippen LogP contribution in [0.2, 0.25) is 0 Å². The van der Waals surface area contributed by atoms with E-state index >= 15 is 0 Å². The van der Waals surface area contributed by atoms with E-state index in [1.165, 1.54) is 48.4 Å². The molecule has 164 valence electrons. The van der Waals surface area contributed by atoms with E-state index in [0.717, 1.165) is 0 Å². The number of amides is 1. The number of allylic oxidation sites excluding steroid dienone is 2. The highest BCUT2D eigenvalue weighted by atomic mass is 16.6. The molecule has 0 spiro atoms. The van der Waals surface area contributed by atoms with Gasteiger partial charge >= 0.3 is 0 Å². The van der Waals surface area contributed by atoms with Gasteiger partial charge in [-0.25, -0.2) is 0 Å². The Labute approximate surface area is 182 Å². The lowest BCUT2D eigenvalue weighted by Crippen LogP contribution is -2.40. The average Bonchev–Trinajstić information content (AvgIpc) is 2.78. The zero-order chi connectivity index (χ0) is 23.0. The highest BCUT2D eigenvalue weighted by molar-refractivity contribution is 6.08. The normalized spacial score (nSPS) is 18.4. The van der Waals surface area contributed by atoms with Gasteiger partial charge in [0.2, 0.25) is 5.91 Å². The second kappa shape index (κ2) is 8.22. The maximum Gasteiger partial charge on any atom is 0.297 e. The van der Waals surface area contributed by atoms with Crippen LogP contribution >= 0.6 is 0 Å². The minimum Gasteiger partial charge on any atom is -0.496 e. The summed E-state index contributed by atoms with van der Waals surface area (Å²) in [5, 5.41) is 22.9. The molecular formula is C22H19N3O7. The molecule has 0 fully saturated rings. The van der Waals surface area contributed by atoms with Crippen molar-refractivity contribution >= 4 is 28.8 Å². The monoisotopic (exact) mass is 437 g/mol. The molecule has 0 N–H and O–H groups in total. The van der Waals surface area contributed by atoms with Crippen LogP contribution in [0.1, 0.15) is 37.2 Å². The summed E-state index contributed by atoms with van der Waals surface area (Å²) in [6.07, 6.45) is 1.06. The smallest absolute Gasteiger partial charge is 0.297 e. The maximum atomic E-state index is 13.3. The van der Waals surface area contributed by atoms with Crippen LogP contribution < -0.4 is 9.64 Å². The van der Waals surface area contributed by atoms with E-state index in [1.807, 2.05) is 0 Å². The number of anilines is 1. The van der Waals surface area contributed by atoms with Gasteiger partial charge in [0.15, 0.2) is 5.78 Å². The van der Waals surface area contributed by atoms with E-state index in [4.69, 9.17) is 4.74 Å². The maximum absolute atomic E-state index is 13.3. The highest BCUT2D eigenvalue weighted by Gasteiger charge is 2.41. The van der Waals surface area contributed by atoms with Crippen molar-refractivity contribution in [1.82, 2.24) is 0 Å². The zero-order valence-corrected chi connectivity index (χ0v) is 17.1. The fourth-order valence-electron chi connectivity index (χ4n) is 4.38. The summed E-state index contributed by atoms with van der Waals surface area (Å²) in [5.74, 6) is -0.938. The molecule has 1 amide bonds. The lowest BCUT2D eigenvalue weighted by atomic mass is 9.77. The van der Waals surface area contributed by atoms with Crippen molar-refractivity contribution in [2.24, 2.45) is 0 Å². The predicted molar refractivity (Wildman–Crippen MR) is 113 cm³/mol. The Bertz CT molecular complexity index is 1190. The molecule has 0 saturated heterocycles. The first-order valence-electron chi connectivity index (χ1n) is 9.97. The molecule has 2 aromatic carbocycles. The average molecular weight is 437 g/mol. The molecule has 0 saturated carbocycles. The minimum atomic E-state index is -0.640. The van der Waals surface area contributed by atoms with E-state index in [9.17, 15) is 29.8 Å². The Morgan fingerprint density at radius 3 is 2.50 bits per heavy atom. The number of benzene rings is 2. The van der Waals surface area contributed by atoms with Crippen LogP contribution in [-0.4, -0.2) is 28.6 Å². The van der Waals surface area contributed by atoms with Crippen molar-refractivity contribution in [3.8, 4) is 5.75 Å². The van der Waals surface area contributed by atoms with Gasteiger partial charge in [0.1, 0.15) is 11.4 Å². The van der Waals surface area contributed by atoms with Crippen LogP contribution in [0.5, 0.6) is 5.75 Å². The van der Waals surface area contributed by atoms with Gasteiger partial charge < -0.3 is 4.74 Å². The number of methoxy groups -OCH3 is 1. The van der Waals surface area contributed by atoms with Crippen LogP contribution in [0.4, 0.5) is 17.1 Å². The van der Waals surface area contributed by atoms with Crippen LogP contribution in [0.3, 0.4) is 0 Å². The van der Waals surface area contributed by atoms with Gasteiger partial charge in [-0.15, -0.1) is 0 Å². The van der Waals surface area contributed by atoms with Crippen molar-refractivity contribution in [1.29, 1.82) is 0 Å². The van der Waals surface area contributed by atoms with Crippen LogP contribution in [0.15, 0.2) is 53.7 Å². The number of nitrogens with zero attached hydrogens (tertiary/aromatic N) is 3. The molecule has 2 aromatic rings. The molecule has 1 aliphatic carbocycles. The number of hydrogen-bond donors (Lipinski definition) is 0. The molecule has 1 heterocycles. The lowest BCUT2D eigenvalue weighted by Gasteiger charge is -2.38. The number of carbonyl (C=O) groups excluding carboxylic acids is 2. The third-order valence-corrected chi connectivity index (χ3v) is 5.78. The van der Waals surface area contributed by atoms with E-state index in [0.29, 0.717) is 29.7 Å². The highest BCUT2D eigenvalue weighted by Crippen LogP contribution is 2.46. The van der Waals surface area contributed by atoms with E-state index in [2.05, 4.69) is 0 Å². The van der Waals surface area contributed by atoms with Crippen LogP contribution in [0.25, 0.3) is 0 Å². The third-order valence-electron chi connectivity index (χ3n) is 5.78. The first-order chi connectivity index (χ1) is 15.3. The SMILES string of the molecule is COc1ccc(N2C(=O)CC(c3cccc([N+](=O)[O-])c3)C3=C2CCCC3=O)c([N+](=O)[O-])c1. The fraction of sp³-hybridized carbons (Fsp3) is 0.273. The molecule has 32 heavy (non-hydrogen) atoms. The van der Waals surface area contributed by atoms with Gasteiger partial charge in [-0.1, -0.05) is 12.1 Å². The van der Waals surface area contributed by atoms with Gasteiger partial charge in [0.05, 0.1) is 23.0 Å². The van der Waals surface area contributed by atoms with Crippen LogP contribution in [-0.2, 0) is 9.59 Å². The molecule has 1 atom stereocenters. The molecule has 1 unspecified atom stereocenters. The van der Waals surface area contributed by atoms with Gasteiger partial charge in [-0.3, -0.25) is 34.7 Å². The minimum absolute atomic E-state index is 0.0699. The molecule has 0 radical (unpaired) electrons. The predicted octanol–water partition coefficient (Wildman–Crippen LogP) is 4.04. The summed E-state index contributed by atoms with van der Waals surface area (Å²) in [7, 11) is 1.38. The molecule has 0 aromatic heterocycles. The number of ether oxygens (including phenoxy) is 1. The fourth-order valence-corrected chi connectivity index (χ4v) is 4.38. The molecule has 2 aliphatic rings. The van der Waals surface area contributed by atoms with Crippen molar-refractivity contribution < 1.29 is 24.2 Å². The van der Waals surface area contributed by atoms with Crippen molar-refractivity contribution in [2.75, 3.05) is 12.0 Å². The quantitative estimate of drug-likeness (QED) is 0.509. The Hall–Kier alpha value is -4.08. The number of non-ortho nitro benzene ring substituents is 1. The lowest BCUT2D eigenvalue weighted by molar-refractivity contribution is -0.385. The number of ketones is 1. The van der Waals surface area contributed by atoms with Gasteiger partial charge in [0, 0.05) is 42.2 Å². The standard InChI is InChI=1S/C22H19N3O7/c1-32-15-8-9-17(19(11-15)25(30)31)23-18-6-3-7-20(26)22(18)16(12-21(23)27)13-4-2-5-14(10-13)24(28)29/h2,4-5,8-11,16H,3,6-7,12H2,1H3. The summed E-state index contributed by atoms with van der Waals surface area (Å²) < 4.78 is 5.07. The molecule has 1 aliphatic heterocycles. The second-order valence-corrected chi connectivity index (χ2v) is 7.59. The zero-order valence-electron chi connectivity index (χ0n) is 17.1. The Morgan fingerprint density at radius 2 is 1.81 bits per heavy atom. The molecule has 4 rings (SSSR count). The number of nitro benzene ring substituents is 2. The third kappa shape index (κ3) is 3.59. The first-order valence-corrected chi connectivity index (χ1v) is 9.97. The van der Waals surface area contributed by atoms with E-state index in [1.54, 1.807) is 6.07 Å². The molecule has 10 heteroatoms. The first kappa shape index (κ1) is 21.2. The second-order valence-electron chi connectivity index (χ2n) is 7.59. The summed E-state index contributed by atoms with van der Waals surface area (Å²) >= 11 is 0. The summed E-state index contributed by atoms with van der Waals surface area (Å²) in [6.45, 7) is 0. The van der Waals surface area contributed by atoms with Gasteiger partial charge in [0.25, 0.3) is 11.4 Å². The summed E-state index contributed by atoms with van der Waals surface area (Å²) in [5.41, 5.74) is 0.938. The number of carbonyl (C=O) groups is 2. The summed E-state index contributed by atoms with van der Waals surface area (Å²) in [6, 6.07) is 10.1. The number of Topliss-reactive ketones (excluding diaryl/α,β-unsaturated/α-hetero) is 1. The van der Waals surface area contributed by atoms with E-state index < -0.39 is 21.7 Å². The number of rotatable bonds is 5. The molecule has 0 bridgehead atoms. The van der Waals surface area contributed by atoms with Crippen molar-refractivity contribution in [3.63, 3.8) is 0 Å². The number of nitro groups is 2. The molecule has 10 nitrogen and oxygen atoms in total. The Balaban J connectivity index is 1.89. The molecular weight excluding hydrogens is 418 g/mol. The van der Waals surface area contributed by atoms with E-state index in [-0.39, 0.29) is 41.4 Å². The van der Waals surface area contributed by atoms with Crippen LogP contribution in [0, 0.1) is 20.2 Å². The topological polar surface area (TPSA) is 133 Å². The largest absolute Gasteiger partial charge is 0.496 e.